The van der Waals surface area contributed by atoms with Crippen LogP contribution in [0.15, 0.2) is 42.5 Å². The molecule has 24 heavy (non-hydrogen) atoms. The maximum atomic E-state index is 12.7. The lowest BCUT2D eigenvalue weighted by Crippen LogP contribution is -2.34. The summed E-state index contributed by atoms with van der Waals surface area (Å²) in [6.45, 7) is 3.81. The van der Waals surface area contributed by atoms with Gasteiger partial charge in [0.25, 0.3) is 5.91 Å². The van der Waals surface area contributed by atoms with Crippen molar-refractivity contribution in [2.75, 3.05) is 5.32 Å². The van der Waals surface area contributed by atoms with E-state index in [0.717, 1.165) is 23.3 Å². The predicted octanol–water partition coefficient (Wildman–Crippen LogP) is 4.45. The third-order valence-electron chi connectivity index (χ3n) is 3.44. The molecule has 2 aromatic carbocycles. The summed E-state index contributed by atoms with van der Waals surface area (Å²) in [5.41, 5.74) is 1.79. The van der Waals surface area contributed by atoms with Crippen LogP contribution < -0.4 is 10.6 Å². The van der Waals surface area contributed by atoms with E-state index in [1.165, 1.54) is 12.1 Å². The Balaban J connectivity index is 2.05. The number of anilines is 1. The minimum Gasteiger partial charge on any atom is -0.332 e. The highest BCUT2D eigenvalue weighted by Gasteiger charge is 2.30. The second kappa shape index (κ2) is 7.00. The quantitative estimate of drug-likeness (QED) is 0.785. The number of hydrogen-bond donors (Lipinski definition) is 2. The van der Waals surface area contributed by atoms with E-state index in [2.05, 4.69) is 10.6 Å². The zero-order valence-electron chi connectivity index (χ0n) is 13.0. The van der Waals surface area contributed by atoms with E-state index in [1.807, 2.05) is 19.9 Å². The van der Waals surface area contributed by atoms with Crippen LogP contribution in [0.2, 0.25) is 0 Å². The molecule has 0 aromatic heterocycles. The summed E-state index contributed by atoms with van der Waals surface area (Å²) >= 11 is 4.98. The lowest BCUT2D eigenvalue weighted by molar-refractivity contribution is -0.137. The van der Waals surface area contributed by atoms with Crippen LogP contribution in [0, 0.1) is 13.8 Å². The fraction of sp³-hybridized carbons (Fsp3) is 0.176. The zero-order valence-corrected chi connectivity index (χ0v) is 13.8. The van der Waals surface area contributed by atoms with Crippen molar-refractivity contribution in [3.8, 4) is 0 Å². The van der Waals surface area contributed by atoms with Gasteiger partial charge in [-0.25, -0.2) is 0 Å². The molecule has 2 rings (SSSR count). The van der Waals surface area contributed by atoms with Gasteiger partial charge in [-0.15, -0.1) is 0 Å². The third kappa shape index (κ3) is 4.55. The van der Waals surface area contributed by atoms with Gasteiger partial charge in [0.1, 0.15) is 0 Å². The second-order valence-electron chi connectivity index (χ2n) is 5.29. The fourth-order valence-corrected chi connectivity index (χ4v) is 2.20. The minimum atomic E-state index is -4.44. The Labute approximate surface area is 142 Å². The van der Waals surface area contributed by atoms with Crippen LogP contribution in [0.1, 0.15) is 27.0 Å². The maximum Gasteiger partial charge on any atom is 0.416 e. The molecule has 2 aromatic rings. The van der Waals surface area contributed by atoms with E-state index in [0.29, 0.717) is 5.56 Å². The van der Waals surface area contributed by atoms with Crippen molar-refractivity contribution in [1.29, 1.82) is 0 Å². The Bertz CT molecular complexity index is 788. The van der Waals surface area contributed by atoms with E-state index in [1.54, 1.807) is 12.1 Å². The first-order valence-electron chi connectivity index (χ1n) is 7.03. The molecule has 0 radical (unpaired) electrons. The molecule has 0 aliphatic carbocycles. The molecule has 0 fully saturated rings. The molecule has 3 nitrogen and oxygen atoms in total. The molecule has 126 valence electrons. The molecule has 0 heterocycles. The average Bonchev–Trinajstić information content (AvgIpc) is 2.49. The summed E-state index contributed by atoms with van der Waals surface area (Å²) < 4.78 is 38.0. The Kier molecular flexibility index (Phi) is 5.23. The molecular formula is C17H15F3N2OS. The second-order valence-corrected chi connectivity index (χ2v) is 5.69. The normalized spacial score (nSPS) is 11.0. The van der Waals surface area contributed by atoms with Gasteiger partial charge in [-0.05, 0) is 67.5 Å². The predicted molar refractivity (Wildman–Crippen MR) is 91.0 cm³/mol. The van der Waals surface area contributed by atoms with Crippen molar-refractivity contribution in [2.45, 2.75) is 20.0 Å². The molecule has 0 spiro atoms. The summed E-state index contributed by atoms with van der Waals surface area (Å²) in [7, 11) is 0. The van der Waals surface area contributed by atoms with E-state index >= 15 is 0 Å². The SMILES string of the molecule is Cc1ccc(C(=O)NC(=S)Nc2cccc(C(F)(F)F)c2)cc1C. The van der Waals surface area contributed by atoms with Crippen molar-refractivity contribution >= 4 is 28.9 Å². The van der Waals surface area contributed by atoms with Gasteiger partial charge < -0.3 is 5.32 Å². The van der Waals surface area contributed by atoms with Crippen molar-refractivity contribution in [3.63, 3.8) is 0 Å². The van der Waals surface area contributed by atoms with Crippen molar-refractivity contribution in [2.24, 2.45) is 0 Å². The summed E-state index contributed by atoms with van der Waals surface area (Å²) in [6.07, 6.45) is -4.44. The van der Waals surface area contributed by atoms with Crippen molar-refractivity contribution in [1.82, 2.24) is 5.32 Å². The summed E-state index contributed by atoms with van der Waals surface area (Å²) in [4.78, 5) is 12.1. The van der Waals surface area contributed by atoms with Crippen molar-refractivity contribution in [3.05, 3.63) is 64.7 Å². The van der Waals surface area contributed by atoms with Gasteiger partial charge in [0, 0.05) is 11.3 Å². The molecule has 1 amide bonds. The Morgan fingerprint density at radius 2 is 1.75 bits per heavy atom. The van der Waals surface area contributed by atoms with Crippen LogP contribution in [-0.2, 0) is 6.18 Å². The highest BCUT2D eigenvalue weighted by Crippen LogP contribution is 2.30. The Morgan fingerprint density at radius 3 is 2.38 bits per heavy atom. The van der Waals surface area contributed by atoms with E-state index in [-0.39, 0.29) is 10.8 Å². The first-order valence-corrected chi connectivity index (χ1v) is 7.44. The van der Waals surface area contributed by atoms with Gasteiger partial charge in [-0.3, -0.25) is 10.1 Å². The number of benzene rings is 2. The topological polar surface area (TPSA) is 41.1 Å². The lowest BCUT2D eigenvalue weighted by atomic mass is 10.1. The molecule has 0 saturated heterocycles. The van der Waals surface area contributed by atoms with Crippen LogP contribution >= 0.6 is 12.2 Å². The number of halogens is 3. The van der Waals surface area contributed by atoms with E-state index < -0.39 is 17.6 Å². The molecule has 0 aliphatic heterocycles. The van der Waals surface area contributed by atoms with Gasteiger partial charge in [-0.2, -0.15) is 13.2 Å². The molecular weight excluding hydrogens is 337 g/mol. The zero-order chi connectivity index (χ0) is 17.9. The number of thiocarbonyl (C=S) groups is 1. The highest BCUT2D eigenvalue weighted by atomic mass is 32.1. The van der Waals surface area contributed by atoms with E-state index in [9.17, 15) is 18.0 Å². The summed E-state index contributed by atoms with van der Waals surface area (Å²) in [5.74, 6) is -0.428. The molecule has 7 heteroatoms. The third-order valence-corrected chi connectivity index (χ3v) is 3.65. The maximum absolute atomic E-state index is 12.7. The molecule has 0 saturated carbocycles. The fourth-order valence-electron chi connectivity index (χ4n) is 1.99. The number of amides is 1. The van der Waals surface area contributed by atoms with Crippen LogP contribution in [0.4, 0.5) is 18.9 Å². The number of hydrogen-bond acceptors (Lipinski definition) is 2. The number of aryl methyl sites for hydroxylation is 2. The minimum absolute atomic E-state index is 0.0717. The van der Waals surface area contributed by atoms with Crippen LogP contribution in [0.25, 0.3) is 0 Å². The van der Waals surface area contributed by atoms with Gasteiger partial charge in [0.15, 0.2) is 5.11 Å². The van der Waals surface area contributed by atoms with Gasteiger partial charge in [-0.1, -0.05) is 12.1 Å². The van der Waals surface area contributed by atoms with E-state index in [4.69, 9.17) is 12.2 Å². The van der Waals surface area contributed by atoms with Gasteiger partial charge >= 0.3 is 6.18 Å². The number of rotatable bonds is 2. The van der Waals surface area contributed by atoms with Crippen LogP contribution in [-0.4, -0.2) is 11.0 Å². The number of carbonyl (C=O) groups is 1. The summed E-state index contributed by atoms with van der Waals surface area (Å²) in [6, 6.07) is 9.77. The molecule has 0 atom stereocenters. The first kappa shape index (κ1) is 17.9. The van der Waals surface area contributed by atoms with Crippen molar-refractivity contribution < 1.29 is 18.0 Å². The first-order chi connectivity index (χ1) is 11.2. The average molecular weight is 352 g/mol. The smallest absolute Gasteiger partial charge is 0.332 e. The monoisotopic (exact) mass is 352 g/mol. The number of alkyl halides is 3. The number of carbonyl (C=O) groups excluding carboxylic acids is 1. The van der Waals surface area contributed by atoms with Crippen LogP contribution in [0.5, 0.6) is 0 Å². The standard InChI is InChI=1S/C17H15F3N2OS/c1-10-6-7-12(8-11(10)2)15(23)22-16(24)21-14-5-3-4-13(9-14)17(18,19)20/h3-9H,1-2H3,(H2,21,22,23,24). The van der Waals surface area contributed by atoms with Crippen LogP contribution in [0.3, 0.4) is 0 Å². The Hall–Kier alpha value is -2.41. The lowest BCUT2D eigenvalue weighted by Gasteiger charge is -2.12. The summed E-state index contributed by atoms with van der Waals surface area (Å²) in [5, 5.41) is 4.96. The van der Waals surface area contributed by atoms with Gasteiger partial charge in [0.05, 0.1) is 5.56 Å². The number of nitrogens with one attached hydrogen (secondary N) is 2. The molecule has 2 N–H and O–H groups in total. The molecule has 0 unspecified atom stereocenters. The molecule has 0 aliphatic rings. The Morgan fingerprint density at radius 1 is 1.04 bits per heavy atom. The van der Waals surface area contributed by atoms with Gasteiger partial charge in [0.2, 0.25) is 0 Å². The molecule has 0 bridgehead atoms. The largest absolute Gasteiger partial charge is 0.416 e. The highest BCUT2D eigenvalue weighted by molar-refractivity contribution is 7.80.